The molecule has 1 rings (SSSR count). The van der Waals surface area contributed by atoms with Crippen LogP contribution in [0.5, 0.6) is 0 Å². The molecule has 21 heavy (non-hydrogen) atoms. The van der Waals surface area contributed by atoms with Crippen LogP contribution in [0.4, 0.5) is 0 Å². The molecule has 6 heteroatoms. The molecule has 0 amide bonds. The highest BCUT2D eigenvalue weighted by Crippen LogP contribution is 2.21. The normalized spacial score (nSPS) is 13.1. The molecular formula is C15H22N2O3S. The number of nitriles is 1. The molecule has 1 aromatic rings. The third-order valence-electron chi connectivity index (χ3n) is 3.52. The van der Waals surface area contributed by atoms with Gasteiger partial charge in [0.15, 0.2) is 0 Å². The maximum atomic E-state index is 12.8. The first-order valence-electron chi connectivity index (χ1n) is 6.90. The van der Waals surface area contributed by atoms with Crippen LogP contribution in [0.3, 0.4) is 0 Å². The smallest absolute Gasteiger partial charge is 0.243 e. The molecule has 5 nitrogen and oxygen atoms in total. The number of nitrogens with zero attached hydrogens (tertiary/aromatic N) is 2. The molecule has 0 aliphatic rings. The lowest BCUT2D eigenvalue weighted by Gasteiger charge is -2.27. The molecule has 0 aliphatic carbocycles. The van der Waals surface area contributed by atoms with Gasteiger partial charge in [0.1, 0.15) is 0 Å². The summed E-state index contributed by atoms with van der Waals surface area (Å²) >= 11 is 0. The lowest BCUT2D eigenvalue weighted by molar-refractivity contribution is 0.167. The van der Waals surface area contributed by atoms with Gasteiger partial charge in [0, 0.05) is 19.7 Å². The molecule has 1 atom stereocenters. The Kier molecular flexibility index (Phi) is 6.34. The van der Waals surface area contributed by atoms with Gasteiger partial charge in [-0.1, -0.05) is 6.92 Å². The quantitative estimate of drug-likeness (QED) is 0.775. The maximum Gasteiger partial charge on any atom is 0.243 e. The number of aryl methyl sites for hydroxylation is 1. The molecule has 0 saturated heterocycles. The summed E-state index contributed by atoms with van der Waals surface area (Å²) < 4.78 is 32.0. The number of ether oxygens (including phenoxy) is 1. The van der Waals surface area contributed by atoms with Crippen LogP contribution in [-0.4, -0.2) is 39.0 Å². The monoisotopic (exact) mass is 310 g/mol. The fourth-order valence-corrected chi connectivity index (χ4v) is 3.79. The van der Waals surface area contributed by atoms with Crippen LogP contribution < -0.4 is 0 Å². The van der Waals surface area contributed by atoms with E-state index in [9.17, 15) is 8.42 Å². The minimum absolute atomic E-state index is 0.110. The first kappa shape index (κ1) is 17.6. The molecule has 0 spiro atoms. The van der Waals surface area contributed by atoms with E-state index in [1.807, 2.05) is 19.9 Å². The Morgan fingerprint density at radius 1 is 1.43 bits per heavy atom. The summed E-state index contributed by atoms with van der Waals surface area (Å²) in [5.41, 5.74) is 1.15. The minimum Gasteiger partial charge on any atom is -0.383 e. The summed E-state index contributed by atoms with van der Waals surface area (Å²) in [5.74, 6) is 0. The number of hydrogen-bond donors (Lipinski definition) is 0. The van der Waals surface area contributed by atoms with E-state index in [2.05, 4.69) is 0 Å². The highest BCUT2D eigenvalue weighted by molar-refractivity contribution is 7.89. The molecule has 0 bridgehead atoms. The highest BCUT2D eigenvalue weighted by atomic mass is 32.2. The average Bonchev–Trinajstić information content (AvgIpc) is 2.46. The maximum absolute atomic E-state index is 12.8. The summed E-state index contributed by atoms with van der Waals surface area (Å²) in [4.78, 5) is 0.218. The molecule has 0 N–H and O–H groups in total. The Labute approximate surface area is 127 Å². The van der Waals surface area contributed by atoms with Crippen LogP contribution in [-0.2, 0) is 14.8 Å². The minimum atomic E-state index is -3.59. The number of hydrogen-bond acceptors (Lipinski definition) is 4. The summed E-state index contributed by atoms with van der Waals surface area (Å²) in [6.45, 7) is 6.22. The molecule has 116 valence electrons. The zero-order valence-electron chi connectivity index (χ0n) is 13.0. The van der Waals surface area contributed by atoms with Gasteiger partial charge in [-0.05, 0) is 44.0 Å². The first-order valence-corrected chi connectivity index (χ1v) is 8.34. The lowest BCUT2D eigenvalue weighted by Crippen LogP contribution is -2.40. The van der Waals surface area contributed by atoms with Gasteiger partial charge in [-0.25, -0.2) is 8.42 Å². The van der Waals surface area contributed by atoms with Gasteiger partial charge in [-0.3, -0.25) is 0 Å². The van der Waals surface area contributed by atoms with Crippen molar-refractivity contribution in [2.75, 3.05) is 20.3 Å². The summed E-state index contributed by atoms with van der Waals surface area (Å²) in [5, 5.41) is 8.94. The fourth-order valence-electron chi connectivity index (χ4n) is 2.02. The Morgan fingerprint density at radius 3 is 2.57 bits per heavy atom. The molecule has 0 radical (unpaired) electrons. The predicted octanol–water partition coefficient (Wildman–Crippen LogP) is 2.30. The van der Waals surface area contributed by atoms with E-state index in [0.717, 1.165) is 6.42 Å². The largest absolute Gasteiger partial charge is 0.383 e. The van der Waals surface area contributed by atoms with Crippen LogP contribution in [0.1, 0.15) is 31.4 Å². The summed E-state index contributed by atoms with van der Waals surface area (Å²) in [7, 11) is -2.04. The van der Waals surface area contributed by atoms with Crippen molar-refractivity contribution in [1.29, 1.82) is 5.26 Å². The fraction of sp³-hybridized carbons (Fsp3) is 0.533. The van der Waals surface area contributed by atoms with Gasteiger partial charge in [0.2, 0.25) is 10.0 Å². The molecule has 0 aliphatic heterocycles. The Balaban J connectivity index is 3.22. The van der Waals surface area contributed by atoms with Crippen LogP contribution in [0.25, 0.3) is 0 Å². The van der Waals surface area contributed by atoms with Crippen molar-refractivity contribution in [3.05, 3.63) is 29.3 Å². The molecule has 0 heterocycles. The van der Waals surface area contributed by atoms with Crippen LogP contribution in [0.15, 0.2) is 23.1 Å². The zero-order valence-corrected chi connectivity index (χ0v) is 13.8. The molecule has 0 aromatic heterocycles. The molecule has 0 fully saturated rings. The molecular weight excluding hydrogens is 288 g/mol. The number of benzene rings is 1. The van der Waals surface area contributed by atoms with Gasteiger partial charge in [0.25, 0.3) is 0 Å². The van der Waals surface area contributed by atoms with E-state index in [1.54, 1.807) is 26.2 Å². The van der Waals surface area contributed by atoms with E-state index in [0.29, 0.717) is 24.3 Å². The van der Waals surface area contributed by atoms with Crippen LogP contribution in [0, 0.1) is 18.3 Å². The van der Waals surface area contributed by atoms with E-state index in [1.165, 1.54) is 10.4 Å². The van der Waals surface area contributed by atoms with E-state index >= 15 is 0 Å². The topological polar surface area (TPSA) is 70.4 Å². The highest BCUT2D eigenvalue weighted by Gasteiger charge is 2.28. The second kappa shape index (κ2) is 7.55. The molecule has 0 saturated carbocycles. The van der Waals surface area contributed by atoms with Crippen molar-refractivity contribution < 1.29 is 13.2 Å². The second-order valence-electron chi connectivity index (χ2n) is 4.95. The van der Waals surface area contributed by atoms with Crippen molar-refractivity contribution in [3.8, 4) is 6.07 Å². The SMILES string of the molecule is CCC(C)N(CCOC)S(=O)(=O)c1ccc(C#N)c(C)c1. The van der Waals surface area contributed by atoms with E-state index in [4.69, 9.17) is 10.00 Å². The predicted molar refractivity (Wildman–Crippen MR) is 81.4 cm³/mol. The lowest BCUT2D eigenvalue weighted by atomic mass is 10.1. The third-order valence-corrected chi connectivity index (χ3v) is 5.53. The van der Waals surface area contributed by atoms with Gasteiger partial charge >= 0.3 is 0 Å². The zero-order chi connectivity index (χ0) is 16.0. The molecule has 1 aromatic carbocycles. The summed E-state index contributed by atoms with van der Waals surface area (Å²) in [6, 6.07) is 6.52. The van der Waals surface area contributed by atoms with Crippen LogP contribution >= 0.6 is 0 Å². The van der Waals surface area contributed by atoms with Crippen molar-refractivity contribution in [2.24, 2.45) is 0 Å². The second-order valence-corrected chi connectivity index (χ2v) is 6.84. The van der Waals surface area contributed by atoms with Crippen molar-refractivity contribution in [1.82, 2.24) is 4.31 Å². The van der Waals surface area contributed by atoms with Gasteiger partial charge in [0.05, 0.1) is 23.1 Å². The number of methoxy groups -OCH3 is 1. The van der Waals surface area contributed by atoms with Crippen LogP contribution in [0.2, 0.25) is 0 Å². The summed E-state index contributed by atoms with van der Waals surface area (Å²) in [6.07, 6.45) is 0.720. The Morgan fingerprint density at radius 2 is 2.10 bits per heavy atom. The van der Waals surface area contributed by atoms with Crippen molar-refractivity contribution >= 4 is 10.0 Å². The number of sulfonamides is 1. The third kappa shape index (κ3) is 4.03. The van der Waals surface area contributed by atoms with E-state index < -0.39 is 10.0 Å². The van der Waals surface area contributed by atoms with Gasteiger partial charge in [-0.15, -0.1) is 0 Å². The number of rotatable bonds is 7. The molecule has 1 unspecified atom stereocenters. The van der Waals surface area contributed by atoms with Gasteiger partial charge in [-0.2, -0.15) is 9.57 Å². The van der Waals surface area contributed by atoms with Gasteiger partial charge < -0.3 is 4.74 Å². The van der Waals surface area contributed by atoms with Crippen molar-refractivity contribution in [2.45, 2.75) is 38.1 Å². The standard InChI is InChI=1S/C15H22N2O3S/c1-5-13(3)17(8-9-20-4)21(18,19)15-7-6-14(11-16)12(2)10-15/h6-7,10,13H,5,8-9H2,1-4H3. The Bertz CT molecular complexity index is 620. The first-order chi connectivity index (χ1) is 9.88. The van der Waals surface area contributed by atoms with Crippen molar-refractivity contribution in [3.63, 3.8) is 0 Å². The van der Waals surface area contributed by atoms with E-state index in [-0.39, 0.29) is 10.9 Å². The Hall–Kier alpha value is -1.42. The average molecular weight is 310 g/mol.